The molecular formula is C9H15NS. The van der Waals surface area contributed by atoms with Crippen molar-refractivity contribution in [1.29, 1.82) is 0 Å². The third-order valence-electron chi connectivity index (χ3n) is 1.15. The average Bonchev–Trinajstić information content (AvgIpc) is 1.97. The molecule has 0 rings (SSSR count). The van der Waals surface area contributed by atoms with E-state index in [0.29, 0.717) is 0 Å². The molecule has 0 aliphatic heterocycles. The first-order valence-electron chi connectivity index (χ1n) is 3.62. The largest absolute Gasteiger partial charge is 0.305 e. The van der Waals surface area contributed by atoms with E-state index < -0.39 is 0 Å². The Balaban J connectivity index is 4.04. The SMILES string of the molecule is C/C=C\C=C(/C=S)CN(C)C. The molecule has 62 valence electrons. The van der Waals surface area contributed by atoms with Crippen LogP contribution in [-0.4, -0.2) is 30.9 Å². The van der Waals surface area contributed by atoms with E-state index in [2.05, 4.69) is 4.90 Å². The van der Waals surface area contributed by atoms with Crippen molar-refractivity contribution < 1.29 is 0 Å². The summed E-state index contributed by atoms with van der Waals surface area (Å²) in [4.78, 5) is 2.10. The van der Waals surface area contributed by atoms with Gasteiger partial charge in [0.15, 0.2) is 0 Å². The lowest BCUT2D eigenvalue weighted by Gasteiger charge is -2.08. The summed E-state index contributed by atoms with van der Waals surface area (Å²) in [5.41, 5.74) is 1.17. The molecule has 0 bridgehead atoms. The predicted molar refractivity (Wildman–Crippen MR) is 55.1 cm³/mol. The summed E-state index contributed by atoms with van der Waals surface area (Å²) >= 11 is 4.85. The van der Waals surface area contributed by atoms with Gasteiger partial charge in [-0.25, -0.2) is 0 Å². The maximum atomic E-state index is 4.85. The van der Waals surface area contributed by atoms with Crippen LogP contribution in [-0.2, 0) is 0 Å². The van der Waals surface area contributed by atoms with Crippen LogP contribution in [0.4, 0.5) is 0 Å². The highest BCUT2D eigenvalue weighted by atomic mass is 32.1. The maximum absolute atomic E-state index is 4.85. The van der Waals surface area contributed by atoms with Gasteiger partial charge in [-0.05, 0) is 26.6 Å². The van der Waals surface area contributed by atoms with Crippen LogP contribution in [0.3, 0.4) is 0 Å². The van der Waals surface area contributed by atoms with Crippen LogP contribution in [0.15, 0.2) is 23.8 Å². The quantitative estimate of drug-likeness (QED) is 0.360. The molecule has 2 heteroatoms. The van der Waals surface area contributed by atoms with Crippen molar-refractivity contribution in [1.82, 2.24) is 4.90 Å². The standard InChI is InChI=1S/C9H15NS/c1-4-5-6-9(8-11)7-10(2)3/h4-6,8H,7H2,1-3H3/b5-4-,9-6-. The highest BCUT2D eigenvalue weighted by Gasteiger charge is 1.92. The van der Waals surface area contributed by atoms with Gasteiger partial charge < -0.3 is 4.90 Å². The van der Waals surface area contributed by atoms with Crippen molar-refractivity contribution in [3.05, 3.63) is 23.8 Å². The summed E-state index contributed by atoms with van der Waals surface area (Å²) in [6.07, 6.45) is 6.03. The first-order chi connectivity index (χ1) is 5.20. The van der Waals surface area contributed by atoms with Crippen LogP contribution in [0.1, 0.15) is 6.92 Å². The van der Waals surface area contributed by atoms with Crippen LogP contribution in [0.5, 0.6) is 0 Å². The number of hydrogen-bond acceptors (Lipinski definition) is 2. The molecule has 0 unspecified atom stereocenters. The summed E-state index contributed by atoms with van der Waals surface area (Å²) in [6, 6.07) is 0. The summed E-state index contributed by atoms with van der Waals surface area (Å²) in [5, 5.41) is 1.72. The molecule has 0 atom stereocenters. The van der Waals surface area contributed by atoms with Gasteiger partial charge in [0.25, 0.3) is 0 Å². The van der Waals surface area contributed by atoms with Gasteiger partial charge in [0, 0.05) is 11.9 Å². The van der Waals surface area contributed by atoms with E-state index in [1.165, 1.54) is 5.57 Å². The first-order valence-corrected chi connectivity index (χ1v) is 4.09. The molecule has 0 spiro atoms. The fourth-order valence-corrected chi connectivity index (χ4v) is 0.867. The van der Waals surface area contributed by atoms with Crippen molar-refractivity contribution in [2.45, 2.75) is 6.92 Å². The van der Waals surface area contributed by atoms with E-state index in [4.69, 9.17) is 12.2 Å². The van der Waals surface area contributed by atoms with Gasteiger partial charge in [0.1, 0.15) is 0 Å². The second-order valence-electron chi connectivity index (χ2n) is 2.62. The molecule has 1 nitrogen and oxygen atoms in total. The predicted octanol–water partition coefficient (Wildman–Crippen LogP) is 2.05. The Morgan fingerprint density at radius 2 is 2.09 bits per heavy atom. The van der Waals surface area contributed by atoms with E-state index in [9.17, 15) is 0 Å². The lowest BCUT2D eigenvalue weighted by atomic mass is 10.2. The van der Waals surface area contributed by atoms with Gasteiger partial charge >= 0.3 is 0 Å². The molecule has 0 aliphatic carbocycles. The molecular weight excluding hydrogens is 154 g/mol. The van der Waals surface area contributed by atoms with E-state index in [1.807, 2.05) is 39.2 Å². The molecule has 0 aliphatic rings. The topological polar surface area (TPSA) is 3.24 Å². The summed E-state index contributed by atoms with van der Waals surface area (Å²) in [5.74, 6) is 0. The third-order valence-corrected chi connectivity index (χ3v) is 1.46. The Bertz CT molecular complexity index is 168. The van der Waals surface area contributed by atoms with Crippen LogP contribution in [0.25, 0.3) is 0 Å². The molecule has 0 N–H and O–H groups in total. The van der Waals surface area contributed by atoms with Gasteiger partial charge in [-0.3, -0.25) is 0 Å². The highest BCUT2D eigenvalue weighted by Crippen LogP contribution is 1.93. The van der Waals surface area contributed by atoms with Crippen molar-refractivity contribution in [2.75, 3.05) is 20.6 Å². The molecule has 0 saturated carbocycles. The Kier molecular flexibility index (Phi) is 5.99. The van der Waals surface area contributed by atoms with E-state index in [-0.39, 0.29) is 0 Å². The minimum absolute atomic E-state index is 0.911. The second-order valence-corrected chi connectivity index (χ2v) is 2.86. The van der Waals surface area contributed by atoms with Crippen LogP contribution >= 0.6 is 12.2 Å². The number of likely N-dealkylation sites (N-methyl/N-ethyl adjacent to an activating group) is 1. The minimum atomic E-state index is 0.911. The molecule has 11 heavy (non-hydrogen) atoms. The van der Waals surface area contributed by atoms with Crippen LogP contribution in [0, 0.1) is 0 Å². The van der Waals surface area contributed by atoms with Gasteiger partial charge in [0.05, 0.1) is 0 Å². The van der Waals surface area contributed by atoms with E-state index >= 15 is 0 Å². The van der Waals surface area contributed by atoms with Gasteiger partial charge in [-0.15, -0.1) is 0 Å². The normalized spacial score (nSPS) is 12.9. The average molecular weight is 169 g/mol. The highest BCUT2D eigenvalue weighted by molar-refractivity contribution is 7.79. The minimum Gasteiger partial charge on any atom is -0.305 e. The Morgan fingerprint density at radius 1 is 1.45 bits per heavy atom. The van der Waals surface area contributed by atoms with Gasteiger partial charge in [-0.2, -0.15) is 0 Å². The van der Waals surface area contributed by atoms with Gasteiger partial charge in [0.2, 0.25) is 0 Å². The van der Waals surface area contributed by atoms with E-state index in [1.54, 1.807) is 5.37 Å². The zero-order chi connectivity index (χ0) is 8.69. The van der Waals surface area contributed by atoms with Crippen molar-refractivity contribution in [3.8, 4) is 0 Å². The van der Waals surface area contributed by atoms with Crippen molar-refractivity contribution in [2.24, 2.45) is 0 Å². The molecule has 0 radical (unpaired) electrons. The monoisotopic (exact) mass is 169 g/mol. The number of allylic oxidation sites excluding steroid dienone is 3. The Morgan fingerprint density at radius 3 is 2.45 bits per heavy atom. The number of nitrogens with zero attached hydrogens (tertiary/aromatic N) is 1. The molecule has 0 saturated heterocycles. The lowest BCUT2D eigenvalue weighted by molar-refractivity contribution is 0.452. The summed E-state index contributed by atoms with van der Waals surface area (Å²) in [6.45, 7) is 2.90. The van der Waals surface area contributed by atoms with Crippen LogP contribution in [0.2, 0.25) is 0 Å². The Hall–Kier alpha value is -0.470. The summed E-state index contributed by atoms with van der Waals surface area (Å²) in [7, 11) is 4.06. The summed E-state index contributed by atoms with van der Waals surface area (Å²) < 4.78 is 0. The molecule has 0 fully saturated rings. The number of thiocarbonyl (C=S) groups is 1. The zero-order valence-corrected chi connectivity index (χ0v) is 8.19. The van der Waals surface area contributed by atoms with Crippen molar-refractivity contribution in [3.63, 3.8) is 0 Å². The fraction of sp³-hybridized carbons (Fsp3) is 0.444. The van der Waals surface area contributed by atoms with Gasteiger partial charge in [-0.1, -0.05) is 30.4 Å². The maximum Gasteiger partial charge on any atom is 0.0235 e. The lowest BCUT2D eigenvalue weighted by Crippen LogP contribution is -2.15. The van der Waals surface area contributed by atoms with Crippen LogP contribution < -0.4 is 0 Å². The number of hydrogen-bond donors (Lipinski definition) is 0. The van der Waals surface area contributed by atoms with E-state index in [0.717, 1.165) is 6.54 Å². The third kappa shape index (κ3) is 5.95. The molecule has 0 heterocycles. The zero-order valence-electron chi connectivity index (χ0n) is 7.37. The molecule has 0 aromatic heterocycles. The first kappa shape index (κ1) is 10.5. The smallest absolute Gasteiger partial charge is 0.0235 e. The second kappa shape index (κ2) is 6.25. The van der Waals surface area contributed by atoms with Crippen molar-refractivity contribution >= 4 is 17.6 Å². The fourth-order valence-electron chi connectivity index (χ4n) is 0.714. The molecule has 0 amide bonds. The molecule has 0 aromatic carbocycles. The number of rotatable bonds is 4. The molecule has 0 aromatic rings. The Labute approximate surface area is 74.4 Å².